The molecule has 0 N–H and O–H groups in total. The summed E-state index contributed by atoms with van der Waals surface area (Å²) in [5.74, 6) is 0.890. The van der Waals surface area contributed by atoms with Gasteiger partial charge in [0.1, 0.15) is 5.75 Å². The summed E-state index contributed by atoms with van der Waals surface area (Å²) in [5, 5.41) is 5.38. The van der Waals surface area contributed by atoms with Crippen LogP contribution in [-0.2, 0) is 13.6 Å². The van der Waals surface area contributed by atoms with Crippen molar-refractivity contribution in [1.82, 2.24) is 14.3 Å². The molecule has 0 atom stereocenters. The number of benzene rings is 1. The number of ether oxygens (including phenoxy) is 1. The summed E-state index contributed by atoms with van der Waals surface area (Å²) in [6, 6.07) is 8.23. The summed E-state index contributed by atoms with van der Waals surface area (Å²) in [4.78, 5) is 0. The van der Waals surface area contributed by atoms with E-state index in [1.165, 1.54) is 16.5 Å². The van der Waals surface area contributed by atoms with Gasteiger partial charge < -0.3 is 9.30 Å². The predicted octanol–water partition coefficient (Wildman–Crippen LogP) is 2.43. The molecule has 3 rings (SSSR count). The number of hydrogen-bond acceptors (Lipinski definition) is 2. The van der Waals surface area contributed by atoms with Crippen LogP contribution in [0.15, 0.2) is 42.9 Å². The van der Waals surface area contributed by atoms with Gasteiger partial charge in [-0.3, -0.25) is 4.68 Å². The highest BCUT2D eigenvalue weighted by Crippen LogP contribution is 2.22. The fourth-order valence-corrected chi connectivity index (χ4v) is 2.19. The Morgan fingerprint density at radius 2 is 2.17 bits per heavy atom. The summed E-state index contributed by atoms with van der Waals surface area (Å²) in [5.41, 5.74) is 2.41. The van der Waals surface area contributed by atoms with Crippen molar-refractivity contribution in [3.63, 3.8) is 0 Å². The zero-order valence-electron chi connectivity index (χ0n) is 10.5. The minimum atomic E-state index is 0.837. The van der Waals surface area contributed by atoms with Gasteiger partial charge in [-0.25, -0.2) is 0 Å². The quantitative estimate of drug-likeness (QED) is 0.705. The lowest BCUT2D eigenvalue weighted by Gasteiger charge is -2.04. The lowest BCUT2D eigenvalue weighted by Crippen LogP contribution is -1.96. The highest BCUT2D eigenvalue weighted by molar-refractivity contribution is 5.81. The van der Waals surface area contributed by atoms with Gasteiger partial charge in [0.15, 0.2) is 0 Å². The molecule has 4 heteroatoms. The van der Waals surface area contributed by atoms with Crippen molar-refractivity contribution in [2.24, 2.45) is 7.05 Å². The van der Waals surface area contributed by atoms with Crippen LogP contribution in [0.3, 0.4) is 0 Å². The van der Waals surface area contributed by atoms with Crippen LogP contribution in [0.5, 0.6) is 5.75 Å². The number of rotatable bonds is 3. The molecule has 0 saturated carbocycles. The molecule has 0 aliphatic rings. The molecule has 0 fully saturated rings. The monoisotopic (exact) mass is 241 g/mol. The molecule has 0 spiro atoms. The van der Waals surface area contributed by atoms with Crippen molar-refractivity contribution in [3.8, 4) is 5.75 Å². The van der Waals surface area contributed by atoms with Crippen LogP contribution in [0.4, 0.5) is 0 Å². The van der Waals surface area contributed by atoms with Gasteiger partial charge in [0.05, 0.1) is 19.9 Å². The van der Waals surface area contributed by atoms with Crippen molar-refractivity contribution in [1.29, 1.82) is 0 Å². The molecular weight excluding hydrogens is 226 g/mol. The molecule has 0 saturated heterocycles. The molecule has 0 unspecified atom stereocenters. The minimum Gasteiger partial charge on any atom is -0.497 e. The Hall–Kier alpha value is -2.23. The van der Waals surface area contributed by atoms with E-state index >= 15 is 0 Å². The molecule has 2 heterocycles. The number of hydrogen-bond donors (Lipinski definition) is 0. The lowest BCUT2D eigenvalue weighted by atomic mass is 10.2. The Balaban J connectivity index is 1.97. The Kier molecular flexibility index (Phi) is 2.55. The SMILES string of the molecule is COc1ccc2c(ccn2Cc2cnn(C)c2)c1. The van der Waals surface area contributed by atoms with Crippen molar-refractivity contribution in [3.05, 3.63) is 48.4 Å². The zero-order chi connectivity index (χ0) is 12.5. The van der Waals surface area contributed by atoms with Gasteiger partial charge in [0, 0.05) is 35.9 Å². The molecule has 18 heavy (non-hydrogen) atoms. The Morgan fingerprint density at radius 1 is 1.28 bits per heavy atom. The van der Waals surface area contributed by atoms with Crippen molar-refractivity contribution in [2.75, 3.05) is 7.11 Å². The van der Waals surface area contributed by atoms with Gasteiger partial charge in [-0.15, -0.1) is 0 Å². The largest absolute Gasteiger partial charge is 0.497 e. The summed E-state index contributed by atoms with van der Waals surface area (Å²) in [7, 11) is 3.62. The third-order valence-corrected chi connectivity index (χ3v) is 3.09. The first kappa shape index (κ1) is 10.9. The van der Waals surface area contributed by atoms with Gasteiger partial charge in [-0.05, 0) is 24.3 Å². The minimum absolute atomic E-state index is 0.837. The number of aromatic nitrogens is 3. The normalized spacial score (nSPS) is 11.0. The van der Waals surface area contributed by atoms with E-state index in [1.54, 1.807) is 7.11 Å². The summed E-state index contributed by atoms with van der Waals surface area (Å²) < 4.78 is 9.27. The van der Waals surface area contributed by atoms with Crippen LogP contribution in [-0.4, -0.2) is 21.5 Å². The highest BCUT2D eigenvalue weighted by atomic mass is 16.5. The van der Waals surface area contributed by atoms with Gasteiger partial charge >= 0.3 is 0 Å². The first-order chi connectivity index (χ1) is 8.76. The first-order valence-corrected chi connectivity index (χ1v) is 5.86. The smallest absolute Gasteiger partial charge is 0.119 e. The van der Waals surface area contributed by atoms with Gasteiger partial charge in [0.25, 0.3) is 0 Å². The first-order valence-electron chi connectivity index (χ1n) is 5.86. The second-order valence-electron chi connectivity index (χ2n) is 4.39. The Bertz CT molecular complexity index is 681. The molecule has 4 nitrogen and oxygen atoms in total. The topological polar surface area (TPSA) is 32.0 Å². The third kappa shape index (κ3) is 1.86. The standard InChI is InChI=1S/C14H15N3O/c1-16-9-11(8-15-16)10-17-6-5-12-7-13(18-2)3-4-14(12)17/h3-9H,10H2,1-2H3. The number of methoxy groups -OCH3 is 1. The van der Waals surface area contributed by atoms with Crippen LogP contribution in [0.25, 0.3) is 10.9 Å². The molecule has 3 aromatic rings. The van der Waals surface area contributed by atoms with Crippen LogP contribution in [0.2, 0.25) is 0 Å². The van der Waals surface area contributed by atoms with E-state index < -0.39 is 0 Å². The summed E-state index contributed by atoms with van der Waals surface area (Å²) >= 11 is 0. The summed E-state index contributed by atoms with van der Waals surface area (Å²) in [6.45, 7) is 0.837. The Labute approximate surface area is 105 Å². The average molecular weight is 241 g/mol. The Morgan fingerprint density at radius 3 is 2.89 bits per heavy atom. The second kappa shape index (κ2) is 4.22. The van der Waals surface area contributed by atoms with E-state index in [9.17, 15) is 0 Å². The fourth-order valence-electron chi connectivity index (χ4n) is 2.19. The second-order valence-corrected chi connectivity index (χ2v) is 4.39. The molecule has 0 radical (unpaired) electrons. The van der Waals surface area contributed by atoms with Crippen LogP contribution in [0.1, 0.15) is 5.56 Å². The van der Waals surface area contributed by atoms with E-state index in [2.05, 4.69) is 34.1 Å². The van der Waals surface area contributed by atoms with Gasteiger partial charge in [-0.1, -0.05) is 0 Å². The molecule has 0 amide bonds. The molecule has 1 aromatic carbocycles. The zero-order valence-corrected chi connectivity index (χ0v) is 10.5. The fraction of sp³-hybridized carbons (Fsp3) is 0.214. The van der Waals surface area contributed by atoms with Crippen LogP contribution >= 0.6 is 0 Å². The molecule has 0 bridgehead atoms. The van der Waals surface area contributed by atoms with E-state index in [0.29, 0.717) is 0 Å². The van der Waals surface area contributed by atoms with Crippen molar-refractivity contribution < 1.29 is 4.74 Å². The van der Waals surface area contributed by atoms with Crippen LogP contribution < -0.4 is 4.74 Å². The third-order valence-electron chi connectivity index (χ3n) is 3.09. The number of nitrogens with zero attached hydrogens (tertiary/aromatic N) is 3. The average Bonchev–Trinajstić information content (AvgIpc) is 2.96. The van der Waals surface area contributed by atoms with Gasteiger partial charge in [-0.2, -0.15) is 5.10 Å². The maximum atomic E-state index is 5.23. The van der Waals surface area contributed by atoms with E-state index in [0.717, 1.165) is 12.3 Å². The molecule has 2 aromatic heterocycles. The van der Waals surface area contributed by atoms with Crippen LogP contribution in [0, 0.1) is 0 Å². The molecule has 0 aliphatic heterocycles. The molecule has 92 valence electrons. The molecule has 0 aliphatic carbocycles. The maximum Gasteiger partial charge on any atom is 0.119 e. The van der Waals surface area contributed by atoms with E-state index in [4.69, 9.17) is 4.74 Å². The predicted molar refractivity (Wildman–Crippen MR) is 70.8 cm³/mol. The van der Waals surface area contributed by atoms with Crippen molar-refractivity contribution >= 4 is 10.9 Å². The maximum absolute atomic E-state index is 5.23. The highest BCUT2D eigenvalue weighted by Gasteiger charge is 2.04. The molecular formula is C14H15N3O. The van der Waals surface area contributed by atoms with Gasteiger partial charge in [0.2, 0.25) is 0 Å². The number of fused-ring (bicyclic) bond motifs is 1. The van der Waals surface area contributed by atoms with E-state index in [1.807, 2.05) is 30.2 Å². The van der Waals surface area contributed by atoms with Crippen molar-refractivity contribution in [2.45, 2.75) is 6.54 Å². The van der Waals surface area contributed by atoms with E-state index in [-0.39, 0.29) is 0 Å². The number of aryl methyl sites for hydroxylation is 1. The summed E-state index contributed by atoms with van der Waals surface area (Å²) in [6.07, 6.45) is 6.03. The lowest BCUT2D eigenvalue weighted by molar-refractivity contribution is 0.415.